The molecule has 0 bridgehead atoms. The number of methoxy groups -OCH3 is 1. The van der Waals surface area contributed by atoms with Crippen molar-refractivity contribution in [1.29, 1.82) is 0 Å². The first-order valence-corrected chi connectivity index (χ1v) is 8.47. The maximum Gasteiger partial charge on any atom is 0.263 e. The zero-order valence-electron chi connectivity index (χ0n) is 12.9. The third-order valence-corrected chi connectivity index (χ3v) is 5.12. The number of rotatable bonds is 5. The van der Waals surface area contributed by atoms with Gasteiger partial charge in [0.05, 0.1) is 17.6 Å². The van der Waals surface area contributed by atoms with Crippen LogP contribution in [0.5, 0.6) is 0 Å². The summed E-state index contributed by atoms with van der Waals surface area (Å²) in [6.07, 6.45) is 6.59. The van der Waals surface area contributed by atoms with Crippen LogP contribution in [0.3, 0.4) is 0 Å². The fraction of sp³-hybridized carbons (Fsp3) is 0.688. The molecule has 0 saturated heterocycles. The minimum absolute atomic E-state index is 0.00176. The second-order valence-corrected chi connectivity index (χ2v) is 6.90. The average Bonchev–Trinajstić information content (AvgIpc) is 2.80. The van der Waals surface area contributed by atoms with Crippen molar-refractivity contribution < 1.29 is 14.6 Å². The molecule has 4 nitrogen and oxygen atoms in total. The molecule has 0 aromatic carbocycles. The zero-order chi connectivity index (χ0) is 15.2. The average molecular weight is 311 g/mol. The number of likely N-dealkylation sites (N-methyl/N-ethyl adjacent to an activating group) is 1. The second-order valence-electron chi connectivity index (χ2n) is 5.77. The van der Waals surface area contributed by atoms with E-state index in [-0.39, 0.29) is 12.5 Å². The summed E-state index contributed by atoms with van der Waals surface area (Å²) in [5.41, 5.74) is 1.36. The molecule has 1 amide bonds. The Morgan fingerprint density at radius 2 is 2.10 bits per heavy atom. The van der Waals surface area contributed by atoms with Gasteiger partial charge < -0.3 is 14.7 Å². The van der Waals surface area contributed by atoms with Crippen molar-refractivity contribution >= 4 is 17.2 Å². The van der Waals surface area contributed by atoms with E-state index in [1.165, 1.54) is 36.1 Å². The highest BCUT2D eigenvalue weighted by Crippen LogP contribution is 2.29. The SMILES string of the molecule is COCC(O)CN(C)C(=O)c1cc2c(s1)CCCCCC2. The van der Waals surface area contributed by atoms with Crippen LogP contribution < -0.4 is 0 Å². The van der Waals surface area contributed by atoms with Crippen LogP contribution in [-0.2, 0) is 17.6 Å². The number of ether oxygens (including phenoxy) is 1. The van der Waals surface area contributed by atoms with Crippen LogP contribution in [0, 0.1) is 0 Å². The smallest absolute Gasteiger partial charge is 0.263 e. The summed E-state index contributed by atoms with van der Waals surface area (Å²) in [7, 11) is 3.28. The molecule has 0 spiro atoms. The van der Waals surface area contributed by atoms with Crippen LogP contribution in [0.1, 0.15) is 45.8 Å². The Balaban J connectivity index is 2.03. The Kier molecular flexibility index (Phi) is 6.21. The number of carbonyl (C=O) groups is 1. The van der Waals surface area contributed by atoms with Crippen molar-refractivity contribution in [3.63, 3.8) is 0 Å². The first-order chi connectivity index (χ1) is 10.1. The number of thiophene rings is 1. The number of aliphatic hydroxyl groups excluding tert-OH is 1. The number of aryl methyl sites for hydroxylation is 2. The molecule has 0 aliphatic heterocycles. The lowest BCUT2D eigenvalue weighted by atomic mass is 10.00. The summed E-state index contributed by atoms with van der Waals surface area (Å²) in [6.45, 7) is 0.549. The molecule has 0 radical (unpaired) electrons. The summed E-state index contributed by atoms with van der Waals surface area (Å²) in [5, 5.41) is 9.74. The molecule has 1 N–H and O–H groups in total. The third kappa shape index (κ3) is 4.53. The summed E-state index contributed by atoms with van der Waals surface area (Å²) in [5.74, 6) is 0.00176. The van der Waals surface area contributed by atoms with Gasteiger partial charge in [-0.05, 0) is 37.3 Å². The van der Waals surface area contributed by atoms with E-state index in [0.29, 0.717) is 6.54 Å². The van der Waals surface area contributed by atoms with Gasteiger partial charge >= 0.3 is 0 Å². The van der Waals surface area contributed by atoms with E-state index >= 15 is 0 Å². The summed E-state index contributed by atoms with van der Waals surface area (Å²) < 4.78 is 4.90. The standard InChI is InChI=1S/C16H25NO3S/c1-17(10-13(18)11-20-2)16(19)15-9-12-7-5-3-4-6-8-14(12)21-15/h9,13,18H,3-8,10-11H2,1-2H3. The van der Waals surface area contributed by atoms with Crippen LogP contribution in [-0.4, -0.2) is 49.3 Å². The van der Waals surface area contributed by atoms with E-state index in [0.717, 1.165) is 17.7 Å². The first-order valence-electron chi connectivity index (χ1n) is 7.66. The van der Waals surface area contributed by atoms with Crippen LogP contribution in [0.25, 0.3) is 0 Å². The predicted molar refractivity (Wildman–Crippen MR) is 85.0 cm³/mol. The Morgan fingerprint density at radius 3 is 2.81 bits per heavy atom. The molecule has 5 heteroatoms. The monoisotopic (exact) mass is 311 g/mol. The van der Waals surface area contributed by atoms with Gasteiger partial charge in [0.1, 0.15) is 0 Å². The highest BCUT2D eigenvalue weighted by atomic mass is 32.1. The van der Waals surface area contributed by atoms with Crippen molar-refractivity contribution in [3.8, 4) is 0 Å². The largest absolute Gasteiger partial charge is 0.389 e. The van der Waals surface area contributed by atoms with Crippen molar-refractivity contribution in [3.05, 3.63) is 21.4 Å². The fourth-order valence-corrected chi connectivity index (χ4v) is 4.03. The minimum Gasteiger partial charge on any atom is -0.389 e. The number of nitrogens with zero attached hydrogens (tertiary/aromatic N) is 1. The summed E-state index contributed by atoms with van der Waals surface area (Å²) in [4.78, 5) is 16.2. The first kappa shape index (κ1) is 16.5. The number of hydrogen-bond acceptors (Lipinski definition) is 4. The van der Waals surface area contributed by atoms with Gasteiger partial charge in [0.15, 0.2) is 0 Å². The summed E-state index contributed by atoms with van der Waals surface area (Å²) in [6, 6.07) is 2.06. The van der Waals surface area contributed by atoms with Gasteiger partial charge in [-0.15, -0.1) is 11.3 Å². The molecule has 1 aliphatic rings. The molecule has 21 heavy (non-hydrogen) atoms. The zero-order valence-corrected chi connectivity index (χ0v) is 13.7. The van der Waals surface area contributed by atoms with Gasteiger partial charge in [-0.3, -0.25) is 4.79 Å². The predicted octanol–water partition coefficient (Wildman–Crippen LogP) is 2.49. The highest BCUT2D eigenvalue weighted by molar-refractivity contribution is 7.14. The molecule has 1 aromatic heterocycles. The van der Waals surface area contributed by atoms with Gasteiger partial charge in [0.2, 0.25) is 0 Å². The molecule has 2 rings (SSSR count). The molecule has 118 valence electrons. The molecule has 0 saturated carbocycles. The Bertz CT molecular complexity index is 447. The highest BCUT2D eigenvalue weighted by Gasteiger charge is 2.20. The molecular formula is C16H25NO3S. The van der Waals surface area contributed by atoms with E-state index in [4.69, 9.17) is 4.74 Å². The Hall–Kier alpha value is -0.910. The molecule has 1 aliphatic carbocycles. The summed E-state index contributed by atoms with van der Waals surface area (Å²) >= 11 is 1.63. The van der Waals surface area contributed by atoms with Crippen LogP contribution in [0.4, 0.5) is 0 Å². The van der Waals surface area contributed by atoms with Crippen LogP contribution >= 0.6 is 11.3 Å². The van der Waals surface area contributed by atoms with E-state index < -0.39 is 6.10 Å². The number of amides is 1. The van der Waals surface area contributed by atoms with Crippen LogP contribution in [0.2, 0.25) is 0 Å². The van der Waals surface area contributed by atoms with Crippen molar-refractivity contribution in [1.82, 2.24) is 4.90 Å². The Morgan fingerprint density at radius 1 is 1.38 bits per heavy atom. The normalized spacial score (nSPS) is 16.7. The minimum atomic E-state index is -0.634. The van der Waals surface area contributed by atoms with E-state index in [2.05, 4.69) is 6.07 Å². The van der Waals surface area contributed by atoms with Crippen molar-refractivity contribution in [2.45, 2.75) is 44.6 Å². The third-order valence-electron chi connectivity index (χ3n) is 3.90. The van der Waals surface area contributed by atoms with Crippen LogP contribution in [0.15, 0.2) is 6.07 Å². The van der Waals surface area contributed by atoms with Gasteiger partial charge in [0.25, 0.3) is 5.91 Å². The molecule has 1 atom stereocenters. The van der Waals surface area contributed by atoms with Crippen molar-refractivity contribution in [2.24, 2.45) is 0 Å². The lowest BCUT2D eigenvalue weighted by Gasteiger charge is -2.19. The number of fused-ring (bicyclic) bond motifs is 1. The maximum absolute atomic E-state index is 12.5. The van der Waals surface area contributed by atoms with Gasteiger partial charge in [-0.25, -0.2) is 0 Å². The lowest BCUT2D eigenvalue weighted by molar-refractivity contribution is 0.0382. The molecule has 0 fully saturated rings. The van der Waals surface area contributed by atoms with Gasteiger partial charge in [0, 0.05) is 25.6 Å². The number of hydrogen-bond donors (Lipinski definition) is 1. The molecule has 1 unspecified atom stereocenters. The molecule has 1 aromatic rings. The maximum atomic E-state index is 12.5. The van der Waals surface area contributed by atoms with Gasteiger partial charge in [-0.2, -0.15) is 0 Å². The molecule has 1 heterocycles. The quantitative estimate of drug-likeness (QED) is 0.909. The van der Waals surface area contributed by atoms with E-state index in [1.54, 1.807) is 30.4 Å². The topological polar surface area (TPSA) is 49.8 Å². The number of carbonyl (C=O) groups excluding carboxylic acids is 1. The van der Waals surface area contributed by atoms with Gasteiger partial charge in [-0.1, -0.05) is 12.8 Å². The van der Waals surface area contributed by atoms with E-state index in [1.807, 2.05) is 0 Å². The molecular weight excluding hydrogens is 286 g/mol. The second kappa shape index (κ2) is 7.92. The number of aliphatic hydroxyl groups is 1. The Labute approximate surface area is 130 Å². The van der Waals surface area contributed by atoms with Crippen molar-refractivity contribution in [2.75, 3.05) is 27.3 Å². The fourth-order valence-electron chi connectivity index (χ4n) is 2.78. The van der Waals surface area contributed by atoms with E-state index in [9.17, 15) is 9.90 Å². The lowest BCUT2D eigenvalue weighted by Crippen LogP contribution is -2.35.